The van der Waals surface area contributed by atoms with Crippen molar-refractivity contribution in [1.82, 2.24) is 9.88 Å². The van der Waals surface area contributed by atoms with Crippen molar-refractivity contribution in [2.75, 3.05) is 43.4 Å². The van der Waals surface area contributed by atoms with Crippen molar-refractivity contribution in [2.24, 2.45) is 0 Å². The third-order valence-corrected chi connectivity index (χ3v) is 3.25. The van der Waals surface area contributed by atoms with Crippen LogP contribution in [0.25, 0.3) is 0 Å². The molecule has 1 aliphatic heterocycles. The van der Waals surface area contributed by atoms with Gasteiger partial charge in [-0.1, -0.05) is 6.92 Å². The van der Waals surface area contributed by atoms with Crippen LogP contribution in [0.4, 0.5) is 11.5 Å². The van der Waals surface area contributed by atoms with Crippen molar-refractivity contribution in [1.29, 1.82) is 5.26 Å². The highest BCUT2D eigenvalue weighted by atomic mass is 15.3. The molecule has 2 heterocycles. The second-order valence-corrected chi connectivity index (χ2v) is 4.55. The van der Waals surface area contributed by atoms with Crippen LogP contribution < -0.4 is 10.6 Å². The minimum absolute atomic E-state index is 0.323. The fourth-order valence-corrected chi connectivity index (χ4v) is 2.24. The van der Waals surface area contributed by atoms with E-state index < -0.39 is 0 Å². The van der Waals surface area contributed by atoms with Crippen molar-refractivity contribution in [3.8, 4) is 6.07 Å². The number of pyridine rings is 1. The molecule has 0 amide bonds. The van der Waals surface area contributed by atoms with Crippen LogP contribution in [0.2, 0.25) is 0 Å². The Morgan fingerprint density at radius 1 is 1.33 bits per heavy atom. The Hall–Kier alpha value is -1.80. The molecule has 1 saturated heterocycles. The van der Waals surface area contributed by atoms with Gasteiger partial charge < -0.3 is 10.6 Å². The van der Waals surface area contributed by atoms with Gasteiger partial charge in [0, 0.05) is 26.2 Å². The van der Waals surface area contributed by atoms with E-state index in [1.54, 1.807) is 6.07 Å². The summed E-state index contributed by atoms with van der Waals surface area (Å²) >= 11 is 0. The number of rotatable bonds is 3. The summed E-state index contributed by atoms with van der Waals surface area (Å²) in [5, 5.41) is 8.93. The van der Waals surface area contributed by atoms with Crippen LogP contribution in [-0.4, -0.2) is 42.6 Å². The molecule has 96 valence electrons. The first kappa shape index (κ1) is 12.7. The minimum Gasteiger partial charge on any atom is -0.396 e. The first-order valence-electron chi connectivity index (χ1n) is 6.38. The van der Waals surface area contributed by atoms with E-state index in [2.05, 4.69) is 21.7 Å². The Bertz CT molecular complexity index is 443. The van der Waals surface area contributed by atoms with Crippen LogP contribution in [0.1, 0.15) is 19.0 Å². The normalized spacial score (nSPS) is 16.6. The number of anilines is 2. The minimum atomic E-state index is 0.323. The summed E-state index contributed by atoms with van der Waals surface area (Å²) in [6.07, 6.45) is 1.19. The van der Waals surface area contributed by atoms with Crippen molar-refractivity contribution in [3.63, 3.8) is 0 Å². The molecule has 5 nitrogen and oxygen atoms in total. The summed E-state index contributed by atoms with van der Waals surface area (Å²) in [6, 6.07) is 5.69. The third kappa shape index (κ3) is 2.71. The number of aromatic nitrogens is 1. The van der Waals surface area contributed by atoms with E-state index in [0.29, 0.717) is 11.4 Å². The van der Waals surface area contributed by atoms with Gasteiger partial charge in [-0.25, -0.2) is 4.98 Å². The number of nitrogens with two attached hydrogens (primary N) is 1. The molecule has 1 aromatic heterocycles. The molecule has 0 radical (unpaired) electrons. The predicted molar refractivity (Wildman–Crippen MR) is 72.3 cm³/mol. The van der Waals surface area contributed by atoms with Crippen LogP contribution in [0.5, 0.6) is 0 Å². The van der Waals surface area contributed by atoms with E-state index >= 15 is 0 Å². The maximum atomic E-state index is 8.93. The Balaban J connectivity index is 2.04. The molecule has 2 N–H and O–H groups in total. The lowest BCUT2D eigenvalue weighted by Crippen LogP contribution is -2.46. The van der Waals surface area contributed by atoms with Crippen LogP contribution in [0.3, 0.4) is 0 Å². The fraction of sp³-hybridized carbons (Fsp3) is 0.538. The third-order valence-electron chi connectivity index (χ3n) is 3.25. The molecular formula is C13H19N5. The summed E-state index contributed by atoms with van der Waals surface area (Å²) in [6.45, 7) is 7.40. The van der Waals surface area contributed by atoms with Crippen LogP contribution in [-0.2, 0) is 0 Å². The van der Waals surface area contributed by atoms with Crippen molar-refractivity contribution in [3.05, 3.63) is 17.8 Å². The number of hydrogen-bond donors (Lipinski definition) is 1. The predicted octanol–water partition coefficient (Wildman–Crippen LogP) is 1.07. The van der Waals surface area contributed by atoms with Gasteiger partial charge in [-0.05, 0) is 25.1 Å². The average Bonchev–Trinajstić information content (AvgIpc) is 2.41. The van der Waals surface area contributed by atoms with Crippen molar-refractivity contribution in [2.45, 2.75) is 13.3 Å². The maximum Gasteiger partial charge on any atom is 0.165 e. The molecule has 0 saturated carbocycles. The van der Waals surface area contributed by atoms with E-state index in [9.17, 15) is 0 Å². The second kappa shape index (κ2) is 5.69. The number of nitrogen functional groups attached to an aromatic ring is 1. The van der Waals surface area contributed by atoms with E-state index in [1.165, 1.54) is 6.42 Å². The molecule has 0 aliphatic carbocycles. The quantitative estimate of drug-likeness (QED) is 0.862. The lowest BCUT2D eigenvalue weighted by atomic mass is 10.2. The van der Waals surface area contributed by atoms with Gasteiger partial charge in [-0.15, -0.1) is 0 Å². The zero-order valence-electron chi connectivity index (χ0n) is 10.8. The number of piperazine rings is 1. The summed E-state index contributed by atoms with van der Waals surface area (Å²) in [5.41, 5.74) is 6.45. The van der Waals surface area contributed by atoms with E-state index in [-0.39, 0.29) is 0 Å². The molecule has 2 rings (SSSR count). The van der Waals surface area contributed by atoms with Crippen molar-refractivity contribution >= 4 is 11.5 Å². The Morgan fingerprint density at radius 2 is 2.06 bits per heavy atom. The zero-order chi connectivity index (χ0) is 13.0. The summed E-state index contributed by atoms with van der Waals surface area (Å²) in [7, 11) is 0. The zero-order valence-corrected chi connectivity index (χ0v) is 10.8. The highest BCUT2D eigenvalue weighted by Gasteiger charge is 2.17. The van der Waals surface area contributed by atoms with Crippen LogP contribution in [0.15, 0.2) is 12.1 Å². The molecule has 0 unspecified atom stereocenters. The first-order chi connectivity index (χ1) is 8.74. The topological polar surface area (TPSA) is 69.2 Å². The monoisotopic (exact) mass is 245 g/mol. The maximum absolute atomic E-state index is 8.93. The largest absolute Gasteiger partial charge is 0.396 e. The second-order valence-electron chi connectivity index (χ2n) is 4.55. The van der Waals surface area contributed by atoms with Gasteiger partial charge >= 0.3 is 0 Å². The summed E-state index contributed by atoms with van der Waals surface area (Å²) < 4.78 is 0. The molecule has 1 aliphatic rings. The molecule has 0 aromatic carbocycles. The summed E-state index contributed by atoms with van der Waals surface area (Å²) in [4.78, 5) is 8.98. The van der Waals surface area contributed by atoms with E-state index in [0.717, 1.165) is 38.5 Å². The standard InChI is InChI=1S/C13H19N5/c1-2-5-17-6-8-18(9-7-17)13-4-3-11(15)12(10-14)16-13/h3-4H,2,5-9,15H2,1H3. The number of nitrogens with zero attached hydrogens (tertiary/aromatic N) is 4. The number of hydrogen-bond acceptors (Lipinski definition) is 5. The van der Waals surface area contributed by atoms with E-state index in [4.69, 9.17) is 11.0 Å². The SMILES string of the molecule is CCCN1CCN(c2ccc(N)c(C#N)n2)CC1. The van der Waals surface area contributed by atoms with Crippen molar-refractivity contribution < 1.29 is 0 Å². The van der Waals surface area contributed by atoms with Gasteiger partial charge in [0.2, 0.25) is 0 Å². The molecular weight excluding hydrogens is 226 g/mol. The lowest BCUT2D eigenvalue weighted by Gasteiger charge is -2.35. The fourth-order valence-electron chi connectivity index (χ4n) is 2.24. The smallest absolute Gasteiger partial charge is 0.165 e. The summed E-state index contributed by atoms with van der Waals surface area (Å²) in [5.74, 6) is 0.858. The Labute approximate surface area is 108 Å². The van der Waals surface area contributed by atoms with Gasteiger partial charge in [-0.2, -0.15) is 5.26 Å². The molecule has 18 heavy (non-hydrogen) atoms. The van der Waals surface area contributed by atoms with Gasteiger partial charge in [-0.3, -0.25) is 4.90 Å². The molecule has 1 fully saturated rings. The van der Waals surface area contributed by atoms with E-state index in [1.807, 2.05) is 12.1 Å². The molecule has 0 bridgehead atoms. The van der Waals surface area contributed by atoms with Gasteiger partial charge in [0.15, 0.2) is 5.69 Å². The average molecular weight is 245 g/mol. The lowest BCUT2D eigenvalue weighted by molar-refractivity contribution is 0.258. The Morgan fingerprint density at radius 3 is 2.67 bits per heavy atom. The van der Waals surface area contributed by atoms with Crippen LogP contribution >= 0.6 is 0 Å². The first-order valence-corrected chi connectivity index (χ1v) is 6.38. The van der Waals surface area contributed by atoms with Gasteiger partial charge in [0.25, 0.3) is 0 Å². The van der Waals surface area contributed by atoms with Crippen LogP contribution in [0, 0.1) is 11.3 Å². The number of nitriles is 1. The van der Waals surface area contributed by atoms with Gasteiger partial charge in [0.05, 0.1) is 5.69 Å². The molecule has 0 spiro atoms. The van der Waals surface area contributed by atoms with Gasteiger partial charge in [0.1, 0.15) is 11.9 Å². The highest BCUT2D eigenvalue weighted by molar-refractivity contribution is 5.55. The Kier molecular flexibility index (Phi) is 4.00. The molecule has 1 aromatic rings. The highest BCUT2D eigenvalue weighted by Crippen LogP contribution is 2.17. The molecule has 0 atom stereocenters. The molecule has 5 heteroatoms.